The van der Waals surface area contributed by atoms with Crippen molar-refractivity contribution < 1.29 is 4.79 Å². The Morgan fingerprint density at radius 3 is 3.08 bits per heavy atom. The van der Waals surface area contributed by atoms with E-state index in [-0.39, 0.29) is 5.91 Å². The molecule has 0 aromatic carbocycles. The van der Waals surface area contributed by atoms with E-state index in [2.05, 4.69) is 10.9 Å². The van der Waals surface area contributed by atoms with Crippen LogP contribution in [0.5, 0.6) is 0 Å². The van der Waals surface area contributed by atoms with Crippen molar-refractivity contribution in [2.75, 3.05) is 0 Å². The fourth-order valence-corrected chi connectivity index (χ4v) is 1.16. The summed E-state index contributed by atoms with van der Waals surface area (Å²) in [5, 5.41) is 0. The highest BCUT2D eigenvalue weighted by molar-refractivity contribution is 5.93. The zero-order valence-electron chi connectivity index (χ0n) is 6.66. The van der Waals surface area contributed by atoms with E-state index >= 15 is 0 Å². The minimum absolute atomic E-state index is 0.117. The molecule has 1 aromatic heterocycles. The average molecular weight is 163 g/mol. The molecule has 1 aliphatic heterocycles. The zero-order chi connectivity index (χ0) is 8.55. The molecule has 0 unspecified atom stereocenters. The highest BCUT2D eigenvalue weighted by Crippen LogP contribution is 2.06. The quantitative estimate of drug-likeness (QED) is 0.586. The number of carbonyl (C=O) groups is 1. The average Bonchev–Trinajstić information content (AvgIpc) is 2.44. The van der Waals surface area contributed by atoms with Crippen molar-refractivity contribution in [2.45, 2.75) is 6.92 Å². The maximum atomic E-state index is 11.3. The normalized spacial score (nSPS) is 15.4. The van der Waals surface area contributed by atoms with E-state index < -0.39 is 0 Å². The van der Waals surface area contributed by atoms with Crippen LogP contribution in [0.4, 0.5) is 0 Å². The number of allylic oxidation sites excluding steroid dienone is 1. The van der Waals surface area contributed by atoms with Gasteiger partial charge in [0.05, 0.1) is 0 Å². The van der Waals surface area contributed by atoms with Crippen molar-refractivity contribution in [1.82, 2.24) is 15.4 Å². The number of amides is 1. The van der Waals surface area contributed by atoms with Crippen molar-refractivity contribution in [1.29, 1.82) is 0 Å². The van der Waals surface area contributed by atoms with Crippen LogP contribution < -0.4 is 10.9 Å². The second-order valence-electron chi connectivity index (χ2n) is 2.69. The van der Waals surface area contributed by atoms with Gasteiger partial charge < -0.3 is 9.99 Å². The molecule has 62 valence electrons. The monoisotopic (exact) mass is 163 g/mol. The molecule has 1 aromatic rings. The molecule has 2 rings (SSSR count). The van der Waals surface area contributed by atoms with Crippen LogP contribution in [0, 0.1) is 0 Å². The summed E-state index contributed by atoms with van der Waals surface area (Å²) in [5.41, 5.74) is 6.87. The Balaban J connectivity index is 2.53. The Morgan fingerprint density at radius 1 is 1.42 bits per heavy atom. The van der Waals surface area contributed by atoms with Gasteiger partial charge in [0.15, 0.2) is 0 Å². The van der Waals surface area contributed by atoms with Gasteiger partial charge >= 0.3 is 0 Å². The van der Waals surface area contributed by atoms with E-state index in [1.165, 1.54) is 0 Å². The van der Waals surface area contributed by atoms with Gasteiger partial charge in [-0.3, -0.25) is 10.2 Å². The fraction of sp³-hybridized carbons (Fsp3) is 0.125. The highest BCUT2D eigenvalue weighted by atomic mass is 16.2. The van der Waals surface area contributed by atoms with Crippen LogP contribution in [0.1, 0.15) is 17.4 Å². The summed E-state index contributed by atoms with van der Waals surface area (Å²) in [6.07, 6.45) is 3.69. The fourth-order valence-electron chi connectivity index (χ4n) is 1.16. The molecule has 0 atom stereocenters. The third-order valence-electron chi connectivity index (χ3n) is 1.72. The summed E-state index contributed by atoms with van der Waals surface area (Å²) in [5.74, 6) is -0.117. The molecule has 0 spiro atoms. The zero-order valence-corrected chi connectivity index (χ0v) is 6.66. The van der Waals surface area contributed by atoms with Gasteiger partial charge in [-0.25, -0.2) is 0 Å². The molecule has 1 aliphatic rings. The molecule has 0 fully saturated rings. The predicted octanol–water partition coefficient (Wildman–Crippen LogP) is 0.554. The molecular formula is C8H9N3O. The lowest BCUT2D eigenvalue weighted by atomic mass is 10.4. The number of nitrogens with one attached hydrogen (secondary N) is 2. The van der Waals surface area contributed by atoms with E-state index in [0.717, 1.165) is 5.70 Å². The summed E-state index contributed by atoms with van der Waals surface area (Å²) in [6, 6.07) is 3.61. The van der Waals surface area contributed by atoms with E-state index in [1.807, 2.05) is 25.4 Å². The number of rotatable bonds is 0. The van der Waals surface area contributed by atoms with Crippen LogP contribution in [0.2, 0.25) is 0 Å². The number of hydrazine groups is 1. The smallest absolute Gasteiger partial charge is 0.286 e. The van der Waals surface area contributed by atoms with E-state index in [0.29, 0.717) is 5.69 Å². The lowest BCUT2D eigenvalue weighted by Gasteiger charge is -2.01. The first-order valence-electron chi connectivity index (χ1n) is 3.69. The van der Waals surface area contributed by atoms with Crippen LogP contribution >= 0.6 is 0 Å². The largest absolute Gasteiger partial charge is 0.317 e. The standard InChI is InChI=1S/C8H9N3O/c1-6-5-11-4-2-3-7(11)8(12)10-9-6/h2-5,9H,1H3,(H,10,12). The van der Waals surface area contributed by atoms with E-state index in [1.54, 1.807) is 10.6 Å². The lowest BCUT2D eigenvalue weighted by molar-refractivity contribution is 0.0935. The van der Waals surface area contributed by atoms with Crippen LogP contribution in [0.3, 0.4) is 0 Å². The summed E-state index contributed by atoms with van der Waals surface area (Å²) in [6.45, 7) is 1.88. The van der Waals surface area contributed by atoms with Crippen LogP contribution in [-0.4, -0.2) is 10.5 Å². The third-order valence-corrected chi connectivity index (χ3v) is 1.72. The first-order chi connectivity index (χ1) is 5.77. The minimum Gasteiger partial charge on any atom is -0.317 e. The van der Waals surface area contributed by atoms with Gasteiger partial charge in [-0.05, 0) is 19.1 Å². The van der Waals surface area contributed by atoms with Crippen LogP contribution in [0.25, 0.3) is 6.20 Å². The molecule has 0 radical (unpaired) electrons. The summed E-state index contributed by atoms with van der Waals surface area (Å²) in [4.78, 5) is 11.3. The SMILES string of the molecule is CC1=Cn2cccc2C(=O)NN1. The Hall–Kier alpha value is -1.71. The van der Waals surface area contributed by atoms with E-state index in [4.69, 9.17) is 0 Å². The Kier molecular flexibility index (Phi) is 1.40. The first kappa shape index (κ1) is 6.97. The molecule has 4 nitrogen and oxygen atoms in total. The van der Waals surface area contributed by atoms with Crippen molar-refractivity contribution in [3.05, 3.63) is 29.7 Å². The molecule has 2 heterocycles. The van der Waals surface area contributed by atoms with Gasteiger partial charge in [0, 0.05) is 18.1 Å². The second-order valence-corrected chi connectivity index (χ2v) is 2.69. The number of fused-ring (bicyclic) bond motifs is 1. The van der Waals surface area contributed by atoms with Gasteiger partial charge in [0.2, 0.25) is 0 Å². The number of aromatic nitrogens is 1. The van der Waals surface area contributed by atoms with Crippen molar-refractivity contribution in [3.63, 3.8) is 0 Å². The number of hydrogen-bond acceptors (Lipinski definition) is 2. The molecule has 2 N–H and O–H groups in total. The van der Waals surface area contributed by atoms with Crippen molar-refractivity contribution in [2.24, 2.45) is 0 Å². The van der Waals surface area contributed by atoms with Gasteiger partial charge in [-0.1, -0.05) is 0 Å². The Bertz CT molecular complexity index is 351. The summed E-state index contributed by atoms with van der Waals surface area (Å²) < 4.78 is 1.78. The van der Waals surface area contributed by atoms with Gasteiger partial charge in [0.1, 0.15) is 5.69 Å². The second kappa shape index (κ2) is 2.41. The lowest BCUT2D eigenvalue weighted by Crippen LogP contribution is -2.34. The Labute approximate surface area is 69.8 Å². The number of nitrogens with zero attached hydrogens (tertiary/aromatic N) is 1. The first-order valence-corrected chi connectivity index (χ1v) is 3.69. The topological polar surface area (TPSA) is 46.1 Å². The summed E-state index contributed by atoms with van der Waals surface area (Å²) in [7, 11) is 0. The predicted molar refractivity (Wildman–Crippen MR) is 45.0 cm³/mol. The van der Waals surface area contributed by atoms with Crippen LogP contribution in [-0.2, 0) is 0 Å². The highest BCUT2D eigenvalue weighted by Gasteiger charge is 2.11. The molecular weight excluding hydrogens is 154 g/mol. The van der Waals surface area contributed by atoms with Gasteiger partial charge in [0.25, 0.3) is 5.91 Å². The molecule has 0 bridgehead atoms. The molecule has 0 saturated heterocycles. The van der Waals surface area contributed by atoms with Crippen molar-refractivity contribution in [3.8, 4) is 0 Å². The summed E-state index contributed by atoms with van der Waals surface area (Å²) >= 11 is 0. The van der Waals surface area contributed by atoms with Crippen molar-refractivity contribution >= 4 is 12.1 Å². The molecule has 4 heteroatoms. The molecule has 0 saturated carbocycles. The molecule has 12 heavy (non-hydrogen) atoms. The number of hydrogen-bond donors (Lipinski definition) is 2. The van der Waals surface area contributed by atoms with Gasteiger partial charge in [-0.2, -0.15) is 0 Å². The minimum atomic E-state index is -0.117. The van der Waals surface area contributed by atoms with Crippen LogP contribution in [0.15, 0.2) is 24.0 Å². The number of carbonyl (C=O) groups excluding carboxylic acids is 1. The maximum absolute atomic E-state index is 11.3. The molecule has 1 amide bonds. The Morgan fingerprint density at radius 2 is 2.25 bits per heavy atom. The maximum Gasteiger partial charge on any atom is 0.286 e. The van der Waals surface area contributed by atoms with Gasteiger partial charge in [-0.15, -0.1) is 0 Å². The molecule has 0 aliphatic carbocycles. The third kappa shape index (κ3) is 0.972. The van der Waals surface area contributed by atoms with E-state index in [9.17, 15) is 4.79 Å².